The third-order valence-electron chi connectivity index (χ3n) is 2.79. The average Bonchev–Trinajstić information content (AvgIpc) is 2.26. The van der Waals surface area contributed by atoms with Gasteiger partial charge >= 0.3 is 0 Å². The molecule has 0 aliphatic heterocycles. The maximum absolute atomic E-state index is 8.54. The molecule has 0 bridgehead atoms. The molecule has 1 aromatic carbocycles. The van der Waals surface area contributed by atoms with E-state index in [0.29, 0.717) is 6.42 Å². The second-order valence-corrected chi connectivity index (χ2v) is 4.13. The maximum Gasteiger partial charge on any atom is 0.0622 e. The first-order valence-corrected chi connectivity index (χ1v) is 5.88. The molecule has 1 rings (SSSR count). The normalized spacial score (nSPS) is 9.88. The summed E-state index contributed by atoms with van der Waals surface area (Å²) in [5.41, 5.74) is 3.92. The Hall–Kier alpha value is -1.49. The number of aryl methyl sites for hydroxylation is 2. The summed E-state index contributed by atoms with van der Waals surface area (Å²) < 4.78 is 0. The van der Waals surface area contributed by atoms with Gasteiger partial charge in [-0.3, -0.25) is 0 Å². The third-order valence-corrected chi connectivity index (χ3v) is 2.79. The summed E-state index contributed by atoms with van der Waals surface area (Å²) in [5, 5.41) is 8.54. The summed E-state index contributed by atoms with van der Waals surface area (Å²) >= 11 is 0. The van der Waals surface area contributed by atoms with Gasteiger partial charge in [0.15, 0.2) is 0 Å². The molecule has 0 N–H and O–H groups in total. The molecule has 0 radical (unpaired) electrons. The third kappa shape index (κ3) is 3.27. The molecule has 0 aliphatic rings. The van der Waals surface area contributed by atoms with Crippen molar-refractivity contribution >= 4 is 5.69 Å². The SMILES string of the molecule is CCN(CCCC#N)c1ccc(C)cc1C. The number of nitrogens with zero attached hydrogens (tertiary/aromatic N) is 2. The molecule has 0 saturated carbocycles. The van der Waals surface area contributed by atoms with Gasteiger partial charge in [-0.2, -0.15) is 5.26 Å². The molecule has 0 aromatic heterocycles. The molecule has 0 amide bonds. The van der Waals surface area contributed by atoms with Crippen molar-refractivity contribution in [3.8, 4) is 6.07 Å². The molecule has 16 heavy (non-hydrogen) atoms. The summed E-state index contributed by atoms with van der Waals surface area (Å²) in [5.74, 6) is 0. The lowest BCUT2D eigenvalue weighted by Crippen LogP contribution is -2.24. The molecule has 0 aliphatic carbocycles. The van der Waals surface area contributed by atoms with E-state index in [4.69, 9.17) is 5.26 Å². The number of benzene rings is 1. The molecule has 0 unspecified atom stereocenters. The van der Waals surface area contributed by atoms with Crippen molar-refractivity contribution in [3.05, 3.63) is 29.3 Å². The number of hydrogen-bond donors (Lipinski definition) is 0. The summed E-state index contributed by atoms with van der Waals surface area (Å²) in [6.45, 7) is 8.38. The van der Waals surface area contributed by atoms with Crippen LogP contribution in [0.25, 0.3) is 0 Å². The number of unbranched alkanes of at least 4 members (excludes halogenated alkanes) is 1. The first kappa shape index (κ1) is 12.6. The van der Waals surface area contributed by atoms with Crippen LogP contribution in [0, 0.1) is 25.2 Å². The summed E-state index contributed by atoms with van der Waals surface area (Å²) in [6.07, 6.45) is 1.58. The minimum absolute atomic E-state index is 0.640. The minimum Gasteiger partial charge on any atom is -0.372 e. The largest absolute Gasteiger partial charge is 0.372 e. The Labute approximate surface area is 98.5 Å². The Bertz CT molecular complexity index is 377. The van der Waals surface area contributed by atoms with Crippen LogP contribution in [0.2, 0.25) is 0 Å². The molecule has 1 aromatic rings. The van der Waals surface area contributed by atoms with Gasteiger partial charge in [0, 0.05) is 25.2 Å². The standard InChI is InChI=1S/C14H20N2/c1-4-16(10-6-5-9-15)14-8-7-12(2)11-13(14)3/h7-8,11H,4-6,10H2,1-3H3. The van der Waals surface area contributed by atoms with Crippen molar-refractivity contribution in [2.24, 2.45) is 0 Å². The average molecular weight is 216 g/mol. The summed E-state index contributed by atoms with van der Waals surface area (Å²) in [7, 11) is 0. The number of rotatable bonds is 5. The zero-order chi connectivity index (χ0) is 12.0. The fourth-order valence-electron chi connectivity index (χ4n) is 1.96. The van der Waals surface area contributed by atoms with E-state index in [1.807, 2.05) is 0 Å². The smallest absolute Gasteiger partial charge is 0.0622 e. The van der Waals surface area contributed by atoms with E-state index in [0.717, 1.165) is 19.5 Å². The van der Waals surface area contributed by atoms with Gasteiger partial charge in [-0.15, -0.1) is 0 Å². The first-order valence-electron chi connectivity index (χ1n) is 5.88. The first-order chi connectivity index (χ1) is 7.69. The maximum atomic E-state index is 8.54. The van der Waals surface area contributed by atoms with Crippen molar-refractivity contribution in [2.45, 2.75) is 33.6 Å². The Morgan fingerprint density at radius 3 is 2.62 bits per heavy atom. The zero-order valence-corrected chi connectivity index (χ0v) is 10.5. The van der Waals surface area contributed by atoms with Gasteiger partial charge in [0.2, 0.25) is 0 Å². The van der Waals surface area contributed by atoms with Crippen LogP contribution in [0.4, 0.5) is 5.69 Å². The van der Waals surface area contributed by atoms with Crippen molar-refractivity contribution in [2.75, 3.05) is 18.0 Å². The van der Waals surface area contributed by atoms with E-state index < -0.39 is 0 Å². The second kappa shape index (κ2) is 6.17. The lowest BCUT2D eigenvalue weighted by atomic mass is 10.1. The second-order valence-electron chi connectivity index (χ2n) is 4.13. The number of anilines is 1. The topological polar surface area (TPSA) is 27.0 Å². The highest BCUT2D eigenvalue weighted by Crippen LogP contribution is 2.21. The molecule has 0 spiro atoms. The van der Waals surface area contributed by atoms with E-state index in [2.05, 4.69) is 49.9 Å². The van der Waals surface area contributed by atoms with E-state index in [1.54, 1.807) is 0 Å². The van der Waals surface area contributed by atoms with Gasteiger partial charge in [-0.05, 0) is 38.8 Å². The molecule has 0 atom stereocenters. The molecular weight excluding hydrogens is 196 g/mol. The van der Waals surface area contributed by atoms with Crippen LogP contribution in [0.3, 0.4) is 0 Å². The molecule has 86 valence electrons. The monoisotopic (exact) mass is 216 g/mol. The Kier molecular flexibility index (Phi) is 4.85. The van der Waals surface area contributed by atoms with Gasteiger partial charge in [0.1, 0.15) is 0 Å². The minimum atomic E-state index is 0.640. The van der Waals surface area contributed by atoms with Crippen molar-refractivity contribution < 1.29 is 0 Å². The van der Waals surface area contributed by atoms with Crippen molar-refractivity contribution in [1.29, 1.82) is 5.26 Å². The Morgan fingerprint density at radius 2 is 2.06 bits per heavy atom. The number of nitriles is 1. The Balaban J connectivity index is 2.75. The van der Waals surface area contributed by atoms with E-state index in [9.17, 15) is 0 Å². The predicted molar refractivity (Wildman–Crippen MR) is 68.7 cm³/mol. The van der Waals surface area contributed by atoms with Crippen LogP contribution < -0.4 is 4.90 Å². The highest BCUT2D eigenvalue weighted by atomic mass is 15.1. The van der Waals surface area contributed by atoms with Gasteiger partial charge in [-0.25, -0.2) is 0 Å². The van der Waals surface area contributed by atoms with E-state index in [-0.39, 0.29) is 0 Å². The summed E-state index contributed by atoms with van der Waals surface area (Å²) in [4.78, 5) is 2.34. The highest BCUT2D eigenvalue weighted by Gasteiger charge is 2.06. The molecular formula is C14H20N2. The summed E-state index contributed by atoms with van der Waals surface area (Å²) in [6, 6.07) is 8.74. The predicted octanol–water partition coefficient (Wildman–Crippen LogP) is 3.43. The van der Waals surface area contributed by atoms with Gasteiger partial charge in [-0.1, -0.05) is 17.7 Å². The lowest BCUT2D eigenvalue weighted by molar-refractivity contribution is 0.759. The van der Waals surface area contributed by atoms with Crippen LogP contribution in [-0.2, 0) is 0 Å². The van der Waals surface area contributed by atoms with Crippen molar-refractivity contribution in [1.82, 2.24) is 0 Å². The fourth-order valence-corrected chi connectivity index (χ4v) is 1.96. The van der Waals surface area contributed by atoms with Crippen LogP contribution in [-0.4, -0.2) is 13.1 Å². The molecule has 2 nitrogen and oxygen atoms in total. The fraction of sp³-hybridized carbons (Fsp3) is 0.500. The molecule has 0 fully saturated rings. The lowest BCUT2D eigenvalue weighted by Gasteiger charge is -2.24. The zero-order valence-electron chi connectivity index (χ0n) is 10.5. The highest BCUT2D eigenvalue weighted by molar-refractivity contribution is 5.54. The van der Waals surface area contributed by atoms with Gasteiger partial charge in [0.05, 0.1) is 6.07 Å². The van der Waals surface area contributed by atoms with Gasteiger partial charge in [0.25, 0.3) is 0 Å². The van der Waals surface area contributed by atoms with E-state index >= 15 is 0 Å². The van der Waals surface area contributed by atoms with Crippen LogP contribution in [0.15, 0.2) is 18.2 Å². The van der Waals surface area contributed by atoms with Crippen LogP contribution in [0.5, 0.6) is 0 Å². The van der Waals surface area contributed by atoms with Crippen LogP contribution >= 0.6 is 0 Å². The molecule has 2 heteroatoms. The molecule has 0 heterocycles. The molecule has 0 saturated heterocycles. The number of hydrogen-bond acceptors (Lipinski definition) is 2. The van der Waals surface area contributed by atoms with E-state index in [1.165, 1.54) is 16.8 Å². The van der Waals surface area contributed by atoms with Crippen molar-refractivity contribution in [3.63, 3.8) is 0 Å². The van der Waals surface area contributed by atoms with Gasteiger partial charge < -0.3 is 4.90 Å². The quantitative estimate of drug-likeness (QED) is 0.705. The Morgan fingerprint density at radius 1 is 1.31 bits per heavy atom. The van der Waals surface area contributed by atoms with Crippen LogP contribution in [0.1, 0.15) is 30.9 Å².